The van der Waals surface area contributed by atoms with E-state index in [2.05, 4.69) is 0 Å². The molecule has 160 valence electrons. The van der Waals surface area contributed by atoms with Gasteiger partial charge in [0.2, 0.25) is 5.91 Å². The fourth-order valence-electron chi connectivity index (χ4n) is 4.47. The van der Waals surface area contributed by atoms with Crippen LogP contribution in [0.3, 0.4) is 0 Å². The lowest BCUT2D eigenvalue weighted by Gasteiger charge is -2.34. The number of nitrogens with zero attached hydrogens (tertiary/aromatic N) is 2. The number of ether oxygens (including phenoxy) is 1. The zero-order valence-electron chi connectivity index (χ0n) is 17.1. The molecule has 2 aromatic rings. The molecule has 0 saturated carbocycles. The fraction of sp³-hybridized carbons (Fsp3) is 0.500. The lowest BCUT2D eigenvalue weighted by Crippen LogP contribution is -2.48. The molecule has 30 heavy (non-hydrogen) atoms. The number of carbonyl (C=O) groups excluding carboxylic acids is 2. The first-order valence-electron chi connectivity index (χ1n) is 10.5. The molecule has 0 aliphatic carbocycles. The zero-order chi connectivity index (χ0) is 21.3. The van der Waals surface area contributed by atoms with Gasteiger partial charge in [0.05, 0.1) is 19.1 Å². The largest absolute Gasteiger partial charge is 0.508 e. The van der Waals surface area contributed by atoms with E-state index in [0.29, 0.717) is 37.1 Å². The van der Waals surface area contributed by atoms with Crippen LogP contribution in [0, 0.1) is 5.92 Å². The van der Waals surface area contributed by atoms with Gasteiger partial charge >= 0.3 is 11.6 Å². The van der Waals surface area contributed by atoms with Crippen molar-refractivity contribution in [2.45, 2.75) is 32.6 Å². The fourth-order valence-corrected chi connectivity index (χ4v) is 4.47. The molecule has 1 atom stereocenters. The van der Waals surface area contributed by atoms with Gasteiger partial charge in [-0.1, -0.05) is 0 Å². The number of amides is 1. The Morgan fingerprint density at radius 3 is 2.90 bits per heavy atom. The summed E-state index contributed by atoms with van der Waals surface area (Å²) in [6.07, 6.45) is 2.94. The van der Waals surface area contributed by atoms with Crippen molar-refractivity contribution in [3.63, 3.8) is 0 Å². The molecule has 0 spiro atoms. The number of esters is 1. The molecule has 1 N–H and O–H groups in total. The predicted molar refractivity (Wildman–Crippen MR) is 111 cm³/mol. The van der Waals surface area contributed by atoms with Crippen LogP contribution in [0.4, 0.5) is 5.69 Å². The second kappa shape index (κ2) is 8.47. The quantitative estimate of drug-likeness (QED) is 0.604. The Bertz CT molecular complexity index is 1030. The molecule has 0 bridgehead atoms. The number of phenolic OH excluding ortho intramolecular Hbond substituents is 1. The van der Waals surface area contributed by atoms with Crippen molar-refractivity contribution in [3.05, 3.63) is 34.2 Å². The van der Waals surface area contributed by atoms with Crippen molar-refractivity contribution in [1.82, 2.24) is 4.90 Å². The molecule has 8 nitrogen and oxygen atoms in total. The van der Waals surface area contributed by atoms with Crippen molar-refractivity contribution in [1.29, 1.82) is 0 Å². The molecule has 1 amide bonds. The topological polar surface area (TPSA) is 100 Å². The number of phenols is 1. The Hall–Kier alpha value is -2.87. The van der Waals surface area contributed by atoms with Gasteiger partial charge in [-0.25, -0.2) is 4.79 Å². The summed E-state index contributed by atoms with van der Waals surface area (Å²) in [5, 5.41) is 10.5. The van der Waals surface area contributed by atoms with E-state index in [1.165, 1.54) is 11.0 Å². The zero-order valence-corrected chi connectivity index (χ0v) is 17.1. The van der Waals surface area contributed by atoms with E-state index >= 15 is 0 Å². The summed E-state index contributed by atoms with van der Waals surface area (Å²) >= 11 is 0. The van der Waals surface area contributed by atoms with E-state index < -0.39 is 5.63 Å². The molecule has 2 aliphatic rings. The molecule has 0 unspecified atom stereocenters. The normalized spacial score (nSPS) is 19.5. The van der Waals surface area contributed by atoms with E-state index in [1.54, 1.807) is 19.1 Å². The number of rotatable bonds is 4. The van der Waals surface area contributed by atoms with Crippen LogP contribution in [0.15, 0.2) is 27.4 Å². The highest BCUT2D eigenvalue weighted by Gasteiger charge is 2.32. The molecule has 2 aliphatic heterocycles. The summed E-state index contributed by atoms with van der Waals surface area (Å²) < 4.78 is 10.6. The lowest BCUT2D eigenvalue weighted by molar-refractivity contribution is -0.150. The van der Waals surface area contributed by atoms with E-state index in [4.69, 9.17) is 9.15 Å². The Balaban J connectivity index is 1.57. The first kappa shape index (κ1) is 20.4. The molecule has 1 fully saturated rings. The summed E-state index contributed by atoms with van der Waals surface area (Å²) in [5.74, 6) is -0.547. The van der Waals surface area contributed by atoms with Crippen LogP contribution < -0.4 is 10.5 Å². The number of hydrogen-bond acceptors (Lipinski definition) is 7. The maximum Gasteiger partial charge on any atom is 0.360 e. The van der Waals surface area contributed by atoms with Crippen molar-refractivity contribution in [2.75, 3.05) is 37.7 Å². The molecule has 8 heteroatoms. The van der Waals surface area contributed by atoms with Gasteiger partial charge in [0.15, 0.2) is 0 Å². The standard InChI is InChI=1S/C22H26N2O6/c1-2-29-21(27)14-5-3-9-23(12-14)13-19(26)24-10-4-6-16-17-11-15(25)7-8-18(17)30-22(28)20(16)24/h7-8,11,14,25H,2-6,9-10,12-13H2,1H3/t14-/m0/s1. The molecule has 3 heterocycles. The third-order valence-corrected chi connectivity index (χ3v) is 5.83. The first-order chi connectivity index (χ1) is 14.5. The van der Waals surface area contributed by atoms with Crippen LogP contribution in [0.2, 0.25) is 0 Å². The minimum Gasteiger partial charge on any atom is -0.508 e. The van der Waals surface area contributed by atoms with Crippen LogP contribution in [-0.4, -0.2) is 54.7 Å². The highest BCUT2D eigenvalue weighted by molar-refractivity contribution is 5.98. The predicted octanol–water partition coefficient (Wildman–Crippen LogP) is 2.05. The van der Waals surface area contributed by atoms with Crippen LogP contribution in [-0.2, 0) is 20.7 Å². The van der Waals surface area contributed by atoms with Crippen LogP contribution in [0.5, 0.6) is 5.75 Å². The Morgan fingerprint density at radius 2 is 2.10 bits per heavy atom. The number of hydrogen-bond donors (Lipinski definition) is 1. The summed E-state index contributed by atoms with van der Waals surface area (Å²) in [6.45, 7) is 3.90. The van der Waals surface area contributed by atoms with E-state index in [1.807, 2.05) is 4.90 Å². The second-order valence-electron chi connectivity index (χ2n) is 7.87. The number of aromatic hydroxyl groups is 1. The van der Waals surface area contributed by atoms with Crippen LogP contribution >= 0.6 is 0 Å². The maximum atomic E-state index is 13.1. The monoisotopic (exact) mass is 414 g/mol. The van der Waals surface area contributed by atoms with E-state index in [-0.39, 0.29) is 35.8 Å². The summed E-state index contributed by atoms with van der Waals surface area (Å²) in [5.41, 5.74) is 0.863. The Labute approximate surface area is 174 Å². The smallest absolute Gasteiger partial charge is 0.360 e. The van der Waals surface area contributed by atoms with Gasteiger partial charge < -0.3 is 19.2 Å². The third-order valence-electron chi connectivity index (χ3n) is 5.83. The molecule has 0 radical (unpaired) electrons. The van der Waals surface area contributed by atoms with Crippen molar-refractivity contribution in [2.24, 2.45) is 5.92 Å². The number of aryl methyl sites for hydroxylation is 1. The number of fused-ring (bicyclic) bond motifs is 3. The molecular formula is C22H26N2O6. The van der Waals surface area contributed by atoms with Gasteiger partial charge in [-0.3, -0.25) is 14.5 Å². The number of piperidine rings is 1. The number of benzene rings is 1. The highest BCUT2D eigenvalue weighted by Crippen LogP contribution is 2.32. The second-order valence-corrected chi connectivity index (χ2v) is 7.87. The Kier molecular flexibility index (Phi) is 5.76. The molecule has 1 aromatic heterocycles. The van der Waals surface area contributed by atoms with E-state index in [0.717, 1.165) is 31.4 Å². The molecule has 1 aromatic carbocycles. The number of anilines is 1. The minimum absolute atomic E-state index is 0.0836. The molecule has 1 saturated heterocycles. The van der Waals surface area contributed by atoms with E-state index in [9.17, 15) is 19.5 Å². The van der Waals surface area contributed by atoms with Gasteiger partial charge in [-0.05, 0) is 62.9 Å². The average Bonchev–Trinajstić information content (AvgIpc) is 2.74. The molecular weight excluding hydrogens is 388 g/mol. The minimum atomic E-state index is -0.542. The summed E-state index contributed by atoms with van der Waals surface area (Å²) in [4.78, 5) is 41.3. The van der Waals surface area contributed by atoms with Crippen LogP contribution in [0.1, 0.15) is 31.7 Å². The van der Waals surface area contributed by atoms with Gasteiger partial charge in [-0.2, -0.15) is 0 Å². The average molecular weight is 414 g/mol. The summed E-state index contributed by atoms with van der Waals surface area (Å²) in [7, 11) is 0. The van der Waals surface area contributed by atoms with Crippen molar-refractivity contribution >= 4 is 28.5 Å². The SMILES string of the molecule is CCOC(=O)[C@H]1CCCN(CC(=O)N2CCCc3c2c(=O)oc2ccc(O)cc32)C1. The Morgan fingerprint density at radius 1 is 1.27 bits per heavy atom. The third kappa shape index (κ3) is 3.92. The number of carbonyl (C=O) groups is 2. The van der Waals surface area contributed by atoms with Gasteiger partial charge in [0.1, 0.15) is 17.0 Å². The molecule has 4 rings (SSSR count). The maximum absolute atomic E-state index is 13.1. The number of likely N-dealkylation sites (tertiary alicyclic amines) is 1. The van der Waals surface area contributed by atoms with Crippen molar-refractivity contribution in [3.8, 4) is 5.75 Å². The van der Waals surface area contributed by atoms with Crippen molar-refractivity contribution < 1.29 is 23.8 Å². The van der Waals surface area contributed by atoms with Crippen LogP contribution in [0.25, 0.3) is 11.0 Å². The summed E-state index contributed by atoms with van der Waals surface area (Å²) in [6, 6.07) is 4.61. The first-order valence-corrected chi connectivity index (χ1v) is 10.5. The lowest BCUT2D eigenvalue weighted by atomic mass is 9.97. The van der Waals surface area contributed by atoms with Gasteiger partial charge in [0, 0.05) is 18.5 Å². The van der Waals surface area contributed by atoms with Gasteiger partial charge in [0.25, 0.3) is 0 Å². The van der Waals surface area contributed by atoms with Gasteiger partial charge in [-0.15, -0.1) is 0 Å². The highest BCUT2D eigenvalue weighted by atomic mass is 16.5.